The fourth-order valence-corrected chi connectivity index (χ4v) is 2.80. The van der Waals surface area contributed by atoms with Gasteiger partial charge in [0.1, 0.15) is 0 Å². The van der Waals surface area contributed by atoms with Crippen molar-refractivity contribution in [2.45, 2.75) is 31.7 Å². The van der Waals surface area contributed by atoms with Gasteiger partial charge in [0.05, 0.1) is 6.61 Å². The molecule has 1 aromatic rings. The summed E-state index contributed by atoms with van der Waals surface area (Å²) in [6.45, 7) is 6.16. The van der Waals surface area contributed by atoms with Crippen molar-refractivity contribution in [2.24, 2.45) is 0 Å². The number of likely N-dealkylation sites (N-methyl/N-ethyl adjacent to an activating group) is 1. The van der Waals surface area contributed by atoms with Crippen molar-refractivity contribution < 1.29 is 4.74 Å². The molecular formula is C17H28N2O. The van der Waals surface area contributed by atoms with E-state index in [0.29, 0.717) is 6.04 Å². The molecule has 0 heterocycles. The summed E-state index contributed by atoms with van der Waals surface area (Å²) in [5.74, 6) is 0.763. The Morgan fingerprint density at radius 3 is 2.80 bits per heavy atom. The lowest BCUT2D eigenvalue weighted by Gasteiger charge is -2.37. The Morgan fingerprint density at radius 1 is 1.30 bits per heavy atom. The van der Waals surface area contributed by atoms with Gasteiger partial charge in [-0.3, -0.25) is 0 Å². The van der Waals surface area contributed by atoms with Gasteiger partial charge in [0, 0.05) is 32.8 Å². The van der Waals surface area contributed by atoms with Crippen LogP contribution in [0.1, 0.15) is 29.9 Å². The molecule has 112 valence electrons. The molecule has 3 heteroatoms. The minimum absolute atomic E-state index is 0.705. The van der Waals surface area contributed by atoms with Gasteiger partial charge < -0.3 is 15.0 Å². The molecule has 0 saturated heterocycles. The van der Waals surface area contributed by atoms with Crippen LogP contribution < -0.4 is 5.32 Å². The smallest absolute Gasteiger partial charge is 0.0589 e. The number of benzene rings is 1. The van der Waals surface area contributed by atoms with Gasteiger partial charge in [-0.25, -0.2) is 0 Å². The van der Waals surface area contributed by atoms with Crippen molar-refractivity contribution in [3.8, 4) is 0 Å². The number of hydrogen-bond acceptors (Lipinski definition) is 3. The van der Waals surface area contributed by atoms with E-state index in [0.717, 1.165) is 32.2 Å². The Kier molecular flexibility index (Phi) is 6.02. The fourth-order valence-electron chi connectivity index (χ4n) is 2.80. The standard InChI is InChI=1S/C17H28N2O/c1-14-5-4-6-15(11-14)16-12-17(13-16)18-7-8-19(2)9-10-20-3/h4-6,11,16-18H,7-10,12-13H2,1-3H3. The van der Waals surface area contributed by atoms with E-state index >= 15 is 0 Å². The molecule has 1 N–H and O–H groups in total. The third-order valence-electron chi connectivity index (χ3n) is 4.26. The molecule has 0 aliphatic heterocycles. The van der Waals surface area contributed by atoms with Crippen LogP contribution in [0.2, 0.25) is 0 Å². The number of hydrogen-bond donors (Lipinski definition) is 1. The van der Waals surface area contributed by atoms with E-state index in [1.54, 1.807) is 7.11 Å². The highest BCUT2D eigenvalue weighted by atomic mass is 16.5. The SMILES string of the molecule is COCCN(C)CCNC1CC(c2cccc(C)c2)C1. The van der Waals surface area contributed by atoms with Crippen LogP contribution in [0.3, 0.4) is 0 Å². The maximum absolute atomic E-state index is 5.08. The maximum atomic E-state index is 5.08. The van der Waals surface area contributed by atoms with Gasteiger partial charge in [0.2, 0.25) is 0 Å². The number of nitrogens with zero attached hydrogens (tertiary/aromatic N) is 1. The Bertz CT molecular complexity index is 402. The summed E-state index contributed by atoms with van der Waals surface area (Å²) in [7, 11) is 3.91. The van der Waals surface area contributed by atoms with E-state index in [2.05, 4.69) is 48.5 Å². The van der Waals surface area contributed by atoms with E-state index in [1.165, 1.54) is 24.0 Å². The lowest BCUT2D eigenvalue weighted by molar-refractivity contribution is 0.159. The van der Waals surface area contributed by atoms with Gasteiger partial charge in [-0.2, -0.15) is 0 Å². The van der Waals surface area contributed by atoms with Crippen LogP contribution in [0.25, 0.3) is 0 Å². The summed E-state index contributed by atoms with van der Waals surface area (Å²) >= 11 is 0. The molecule has 0 spiro atoms. The largest absolute Gasteiger partial charge is 0.383 e. The minimum Gasteiger partial charge on any atom is -0.383 e. The summed E-state index contributed by atoms with van der Waals surface area (Å²) < 4.78 is 5.08. The minimum atomic E-state index is 0.705. The molecule has 0 amide bonds. The highest BCUT2D eigenvalue weighted by molar-refractivity contribution is 5.27. The van der Waals surface area contributed by atoms with Gasteiger partial charge in [0.25, 0.3) is 0 Å². The Labute approximate surface area is 123 Å². The normalized spacial score (nSPS) is 22.0. The molecule has 1 aliphatic rings. The summed E-state index contributed by atoms with van der Waals surface area (Å²) in [4.78, 5) is 2.31. The molecule has 0 aromatic heterocycles. The van der Waals surface area contributed by atoms with Gasteiger partial charge in [-0.05, 0) is 38.3 Å². The van der Waals surface area contributed by atoms with Crippen molar-refractivity contribution >= 4 is 0 Å². The van der Waals surface area contributed by atoms with Crippen molar-refractivity contribution in [3.05, 3.63) is 35.4 Å². The second kappa shape index (κ2) is 7.77. The zero-order valence-corrected chi connectivity index (χ0v) is 13.1. The maximum Gasteiger partial charge on any atom is 0.0589 e. The molecule has 3 nitrogen and oxygen atoms in total. The zero-order chi connectivity index (χ0) is 14.4. The lowest BCUT2D eigenvalue weighted by Crippen LogP contribution is -2.43. The lowest BCUT2D eigenvalue weighted by atomic mass is 9.75. The van der Waals surface area contributed by atoms with Crippen molar-refractivity contribution in [2.75, 3.05) is 40.4 Å². The van der Waals surface area contributed by atoms with Gasteiger partial charge in [-0.15, -0.1) is 0 Å². The topological polar surface area (TPSA) is 24.5 Å². The number of methoxy groups -OCH3 is 1. The van der Waals surface area contributed by atoms with Crippen molar-refractivity contribution in [3.63, 3.8) is 0 Å². The highest BCUT2D eigenvalue weighted by Gasteiger charge is 2.29. The summed E-state index contributed by atoms with van der Waals surface area (Å²) in [6, 6.07) is 9.66. The van der Waals surface area contributed by atoms with Gasteiger partial charge in [-0.1, -0.05) is 29.8 Å². The van der Waals surface area contributed by atoms with E-state index in [-0.39, 0.29) is 0 Å². The second-order valence-electron chi connectivity index (χ2n) is 6.03. The van der Waals surface area contributed by atoms with E-state index in [9.17, 15) is 0 Å². The molecule has 20 heavy (non-hydrogen) atoms. The fraction of sp³-hybridized carbons (Fsp3) is 0.647. The van der Waals surface area contributed by atoms with E-state index in [1.807, 2.05) is 0 Å². The molecule has 0 atom stereocenters. The first-order valence-electron chi connectivity index (χ1n) is 7.66. The van der Waals surface area contributed by atoms with Crippen LogP contribution in [0.15, 0.2) is 24.3 Å². The van der Waals surface area contributed by atoms with Crippen LogP contribution in [-0.2, 0) is 4.74 Å². The first-order chi connectivity index (χ1) is 9.69. The molecule has 1 saturated carbocycles. The van der Waals surface area contributed by atoms with E-state index in [4.69, 9.17) is 4.74 Å². The second-order valence-corrected chi connectivity index (χ2v) is 6.03. The molecule has 1 aromatic carbocycles. The molecule has 1 fully saturated rings. The van der Waals surface area contributed by atoms with Crippen LogP contribution in [0, 0.1) is 6.92 Å². The van der Waals surface area contributed by atoms with Gasteiger partial charge >= 0.3 is 0 Å². The predicted octanol–water partition coefficient (Wildman–Crippen LogP) is 2.41. The molecule has 1 aliphatic carbocycles. The molecular weight excluding hydrogens is 248 g/mol. The van der Waals surface area contributed by atoms with Crippen molar-refractivity contribution in [1.82, 2.24) is 10.2 Å². The number of rotatable bonds is 8. The molecule has 2 rings (SSSR count). The third kappa shape index (κ3) is 4.58. The number of ether oxygens (including phenoxy) is 1. The Morgan fingerprint density at radius 2 is 2.10 bits per heavy atom. The summed E-state index contributed by atoms with van der Waals surface area (Å²) in [6.07, 6.45) is 2.57. The zero-order valence-electron chi connectivity index (χ0n) is 13.1. The molecule has 0 bridgehead atoms. The summed E-state index contributed by atoms with van der Waals surface area (Å²) in [5.41, 5.74) is 2.89. The van der Waals surface area contributed by atoms with Crippen LogP contribution in [0.4, 0.5) is 0 Å². The van der Waals surface area contributed by atoms with Gasteiger partial charge in [0.15, 0.2) is 0 Å². The Hall–Kier alpha value is -0.900. The van der Waals surface area contributed by atoms with Crippen LogP contribution >= 0.6 is 0 Å². The first-order valence-corrected chi connectivity index (χ1v) is 7.66. The van der Waals surface area contributed by atoms with Crippen LogP contribution in [0.5, 0.6) is 0 Å². The Balaban J connectivity index is 1.60. The molecule has 0 unspecified atom stereocenters. The monoisotopic (exact) mass is 276 g/mol. The van der Waals surface area contributed by atoms with Crippen LogP contribution in [-0.4, -0.2) is 51.3 Å². The van der Waals surface area contributed by atoms with E-state index < -0.39 is 0 Å². The average molecular weight is 276 g/mol. The highest BCUT2D eigenvalue weighted by Crippen LogP contribution is 2.36. The average Bonchev–Trinajstić information content (AvgIpc) is 2.39. The van der Waals surface area contributed by atoms with Crippen molar-refractivity contribution in [1.29, 1.82) is 0 Å². The first kappa shape index (κ1) is 15.5. The number of nitrogens with one attached hydrogen (secondary N) is 1. The summed E-state index contributed by atoms with van der Waals surface area (Å²) in [5, 5.41) is 3.66. The third-order valence-corrected chi connectivity index (χ3v) is 4.26. The molecule has 0 radical (unpaired) electrons. The number of aryl methyl sites for hydroxylation is 1. The predicted molar refractivity (Wildman–Crippen MR) is 84.3 cm³/mol. The quantitative estimate of drug-likeness (QED) is 0.789.